The maximum atomic E-state index is 12.8. The first kappa shape index (κ1) is 21.2. The van der Waals surface area contributed by atoms with Crippen LogP contribution in [0.2, 0.25) is 0 Å². The minimum absolute atomic E-state index is 0.140. The van der Waals surface area contributed by atoms with E-state index in [9.17, 15) is 14.7 Å². The van der Waals surface area contributed by atoms with Crippen LogP contribution in [-0.2, 0) is 14.3 Å². The fourth-order valence-corrected chi connectivity index (χ4v) is 3.85. The number of carboxylic acids is 1. The van der Waals surface area contributed by atoms with Crippen molar-refractivity contribution in [2.75, 3.05) is 0 Å². The van der Waals surface area contributed by atoms with Gasteiger partial charge < -0.3 is 9.84 Å². The number of aliphatic carboxylic acids is 1. The van der Waals surface area contributed by atoms with Gasteiger partial charge in [-0.2, -0.15) is 0 Å². The van der Waals surface area contributed by atoms with Gasteiger partial charge in [0, 0.05) is 5.39 Å². The third-order valence-corrected chi connectivity index (χ3v) is 5.11. The molecule has 0 aliphatic carbocycles. The molecule has 1 aromatic heterocycles. The highest BCUT2D eigenvalue weighted by Gasteiger charge is 2.38. The molecule has 2 aromatic rings. The number of hydrogen-bond donors (Lipinski definition) is 1. The zero-order valence-corrected chi connectivity index (χ0v) is 17.2. The number of fused-ring (bicyclic) bond motifs is 1. The topological polar surface area (TPSA) is 76.5 Å². The number of esters is 1. The SMILES string of the molecule is CC(C)C[C@@H](C(=O)O)[C@@H](Sc1ccc2ccccc2n1)C(=O)OC(C)(C)C. The van der Waals surface area contributed by atoms with Gasteiger partial charge in [-0.1, -0.05) is 49.9 Å². The molecule has 0 fully saturated rings. The van der Waals surface area contributed by atoms with Crippen molar-refractivity contribution < 1.29 is 19.4 Å². The normalized spacial score (nSPS) is 14.1. The second kappa shape index (κ2) is 8.74. The predicted molar refractivity (Wildman–Crippen MR) is 108 cm³/mol. The maximum Gasteiger partial charge on any atom is 0.320 e. The summed E-state index contributed by atoms with van der Waals surface area (Å²) < 4.78 is 5.52. The number of ether oxygens (including phenoxy) is 1. The Bertz CT molecular complexity index is 813. The molecule has 0 amide bonds. The molecule has 0 saturated heterocycles. The molecule has 146 valence electrons. The van der Waals surface area contributed by atoms with E-state index in [1.165, 1.54) is 0 Å². The molecule has 0 saturated carbocycles. The van der Waals surface area contributed by atoms with Crippen LogP contribution in [-0.4, -0.2) is 32.9 Å². The zero-order valence-electron chi connectivity index (χ0n) is 16.4. The largest absolute Gasteiger partial charge is 0.481 e. The van der Waals surface area contributed by atoms with E-state index in [1.807, 2.05) is 50.2 Å². The Labute approximate surface area is 164 Å². The number of para-hydroxylation sites is 1. The highest BCUT2D eigenvalue weighted by Crippen LogP contribution is 2.33. The molecule has 2 rings (SSSR count). The van der Waals surface area contributed by atoms with Gasteiger partial charge in [0.25, 0.3) is 0 Å². The monoisotopic (exact) mass is 389 g/mol. The van der Waals surface area contributed by atoms with Gasteiger partial charge in [0.15, 0.2) is 0 Å². The number of aromatic nitrogens is 1. The first-order valence-electron chi connectivity index (χ1n) is 9.05. The van der Waals surface area contributed by atoms with Crippen LogP contribution in [0.15, 0.2) is 41.4 Å². The second-order valence-electron chi connectivity index (χ2n) is 7.99. The molecule has 0 bridgehead atoms. The third-order valence-electron chi connectivity index (χ3n) is 3.87. The van der Waals surface area contributed by atoms with Crippen LogP contribution in [0, 0.1) is 11.8 Å². The summed E-state index contributed by atoms with van der Waals surface area (Å²) in [5, 5.41) is 10.5. The lowest BCUT2D eigenvalue weighted by Gasteiger charge is -2.27. The lowest BCUT2D eigenvalue weighted by Crippen LogP contribution is -2.38. The highest BCUT2D eigenvalue weighted by molar-refractivity contribution is 8.00. The van der Waals surface area contributed by atoms with Crippen LogP contribution in [0.25, 0.3) is 10.9 Å². The Kier molecular flexibility index (Phi) is 6.87. The molecule has 27 heavy (non-hydrogen) atoms. The van der Waals surface area contributed by atoms with E-state index in [2.05, 4.69) is 4.98 Å². The van der Waals surface area contributed by atoms with Crippen LogP contribution in [0.4, 0.5) is 0 Å². The Morgan fingerprint density at radius 3 is 2.41 bits per heavy atom. The molecular formula is C21H27NO4S. The number of carbonyl (C=O) groups excluding carboxylic acids is 1. The summed E-state index contributed by atoms with van der Waals surface area (Å²) in [6.07, 6.45) is 0.389. The number of nitrogens with zero attached hydrogens (tertiary/aromatic N) is 1. The standard InChI is InChI=1S/C21H27NO4S/c1-13(2)12-15(19(23)24)18(20(25)26-21(3,4)5)27-17-11-10-14-8-6-7-9-16(14)22-17/h6-11,13,15,18H,12H2,1-5H3,(H,23,24)/t15-,18-/m1/s1. The fourth-order valence-electron chi connectivity index (χ4n) is 2.76. The Hall–Kier alpha value is -2.08. The van der Waals surface area contributed by atoms with Gasteiger partial charge in [0.05, 0.1) is 16.5 Å². The number of carboxylic acid groups (broad SMARTS) is 1. The van der Waals surface area contributed by atoms with Gasteiger partial charge in [-0.05, 0) is 45.2 Å². The Morgan fingerprint density at radius 1 is 1.15 bits per heavy atom. The molecule has 5 nitrogen and oxygen atoms in total. The molecule has 0 radical (unpaired) electrons. The first-order valence-corrected chi connectivity index (χ1v) is 9.93. The van der Waals surface area contributed by atoms with Crippen molar-refractivity contribution >= 4 is 34.6 Å². The minimum atomic E-state index is -0.993. The number of thioether (sulfide) groups is 1. The summed E-state index contributed by atoms with van der Waals surface area (Å²) in [5.41, 5.74) is 0.120. The predicted octanol–water partition coefficient (Wildman–Crippen LogP) is 4.78. The van der Waals surface area contributed by atoms with Crippen molar-refractivity contribution in [2.45, 2.75) is 56.9 Å². The molecule has 0 aliphatic rings. The van der Waals surface area contributed by atoms with Crippen molar-refractivity contribution in [1.82, 2.24) is 4.98 Å². The van der Waals surface area contributed by atoms with E-state index in [4.69, 9.17) is 4.74 Å². The summed E-state index contributed by atoms with van der Waals surface area (Å²) in [6.45, 7) is 9.22. The van der Waals surface area contributed by atoms with E-state index < -0.39 is 28.7 Å². The first-order chi connectivity index (χ1) is 12.6. The Balaban J connectivity index is 2.36. The quantitative estimate of drug-likeness (QED) is 0.542. The maximum absolute atomic E-state index is 12.8. The summed E-state index contributed by atoms with van der Waals surface area (Å²) in [4.78, 5) is 29.3. The van der Waals surface area contributed by atoms with Crippen molar-refractivity contribution in [3.63, 3.8) is 0 Å². The number of benzene rings is 1. The third kappa shape index (κ3) is 6.24. The van der Waals surface area contributed by atoms with E-state index >= 15 is 0 Å². The average molecular weight is 390 g/mol. The van der Waals surface area contributed by atoms with Gasteiger partial charge in [0.1, 0.15) is 10.9 Å². The van der Waals surface area contributed by atoms with Gasteiger partial charge in [0.2, 0.25) is 0 Å². The molecule has 1 N–H and O–H groups in total. The molecule has 0 aliphatic heterocycles. The summed E-state index contributed by atoms with van der Waals surface area (Å²) in [5.74, 6) is -2.22. The van der Waals surface area contributed by atoms with Crippen LogP contribution in [0.5, 0.6) is 0 Å². The van der Waals surface area contributed by atoms with Gasteiger partial charge in [-0.3, -0.25) is 9.59 Å². The molecule has 2 atom stereocenters. The van der Waals surface area contributed by atoms with E-state index in [0.29, 0.717) is 11.4 Å². The lowest BCUT2D eigenvalue weighted by atomic mass is 9.94. The van der Waals surface area contributed by atoms with Crippen LogP contribution < -0.4 is 0 Å². The van der Waals surface area contributed by atoms with E-state index in [0.717, 1.165) is 22.7 Å². The van der Waals surface area contributed by atoms with E-state index in [-0.39, 0.29) is 5.92 Å². The second-order valence-corrected chi connectivity index (χ2v) is 9.15. The summed E-state index contributed by atoms with van der Waals surface area (Å²) in [6, 6.07) is 11.4. The zero-order chi connectivity index (χ0) is 20.2. The smallest absolute Gasteiger partial charge is 0.320 e. The number of hydrogen-bond acceptors (Lipinski definition) is 5. The fraction of sp³-hybridized carbons (Fsp3) is 0.476. The lowest BCUT2D eigenvalue weighted by molar-refractivity contribution is -0.159. The van der Waals surface area contributed by atoms with Gasteiger partial charge >= 0.3 is 11.9 Å². The summed E-state index contributed by atoms with van der Waals surface area (Å²) >= 11 is 1.16. The molecular weight excluding hydrogens is 362 g/mol. The van der Waals surface area contributed by atoms with E-state index in [1.54, 1.807) is 20.8 Å². The van der Waals surface area contributed by atoms with Crippen LogP contribution in [0.3, 0.4) is 0 Å². The van der Waals surface area contributed by atoms with Crippen LogP contribution in [0.1, 0.15) is 41.0 Å². The van der Waals surface area contributed by atoms with Crippen molar-refractivity contribution in [3.8, 4) is 0 Å². The Morgan fingerprint density at radius 2 is 1.81 bits per heavy atom. The van der Waals surface area contributed by atoms with Gasteiger partial charge in [-0.15, -0.1) is 0 Å². The highest BCUT2D eigenvalue weighted by atomic mass is 32.2. The number of pyridine rings is 1. The number of rotatable bonds is 7. The molecule has 1 aromatic carbocycles. The summed E-state index contributed by atoms with van der Waals surface area (Å²) in [7, 11) is 0. The van der Waals surface area contributed by atoms with Gasteiger partial charge in [-0.25, -0.2) is 4.98 Å². The number of carbonyl (C=O) groups is 2. The molecule has 0 unspecified atom stereocenters. The minimum Gasteiger partial charge on any atom is -0.481 e. The van der Waals surface area contributed by atoms with Crippen molar-refractivity contribution in [3.05, 3.63) is 36.4 Å². The molecule has 6 heteroatoms. The van der Waals surface area contributed by atoms with Crippen LogP contribution >= 0.6 is 11.8 Å². The van der Waals surface area contributed by atoms with Crippen molar-refractivity contribution in [2.24, 2.45) is 11.8 Å². The average Bonchev–Trinajstić information content (AvgIpc) is 2.55. The molecule has 0 spiro atoms. The van der Waals surface area contributed by atoms with Crippen molar-refractivity contribution in [1.29, 1.82) is 0 Å². The molecule has 1 heterocycles.